The molecule has 0 bridgehead atoms. The molecule has 0 unspecified atom stereocenters. The van der Waals surface area contributed by atoms with E-state index < -0.39 is 0 Å². The molecule has 0 saturated carbocycles. The second-order valence-corrected chi connectivity index (χ2v) is 6.01. The van der Waals surface area contributed by atoms with Gasteiger partial charge in [-0.05, 0) is 61.9 Å². The van der Waals surface area contributed by atoms with E-state index in [4.69, 9.17) is 0 Å². The summed E-state index contributed by atoms with van der Waals surface area (Å²) in [4.78, 5) is 2.60. The molecule has 1 saturated heterocycles. The first-order valence-corrected chi connectivity index (χ1v) is 8.32. The van der Waals surface area contributed by atoms with Gasteiger partial charge in [0.15, 0.2) is 0 Å². The van der Waals surface area contributed by atoms with Crippen molar-refractivity contribution in [1.29, 1.82) is 0 Å². The largest absolute Gasteiger partial charge is 0.303 e. The molecular weight excluding hydrogens is 261 g/mol. The molecule has 1 nitrogen and oxygen atoms in total. The van der Waals surface area contributed by atoms with Gasteiger partial charge in [0.2, 0.25) is 0 Å². The Hall–Kier alpha value is -1.15. The van der Waals surface area contributed by atoms with Gasteiger partial charge in [0.05, 0.1) is 0 Å². The summed E-state index contributed by atoms with van der Waals surface area (Å²) < 4.78 is 12.0. The Morgan fingerprint density at radius 3 is 2.62 bits per heavy atom. The maximum absolute atomic E-state index is 12.0. The van der Waals surface area contributed by atoms with Crippen molar-refractivity contribution in [1.82, 2.24) is 4.90 Å². The fourth-order valence-corrected chi connectivity index (χ4v) is 3.15. The van der Waals surface area contributed by atoms with Gasteiger partial charge in [-0.15, -0.1) is 0 Å². The van der Waals surface area contributed by atoms with Crippen LogP contribution in [-0.2, 0) is 0 Å². The lowest BCUT2D eigenvalue weighted by Crippen LogP contribution is -2.26. The number of halogens is 1. The molecule has 1 aliphatic carbocycles. The van der Waals surface area contributed by atoms with Crippen LogP contribution in [0.25, 0.3) is 0 Å². The molecule has 0 spiro atoms. The van der Waals surface area contributed by atoms with Gasteiger partial charge < -0.3 is 4.90 Å². The Kier molecular flexibility index (Phi) is 6.94. The lowest BCUT2D eigenvalue weighted by molar-refractivity contribution is 0.289. The molecule has 21 heavy (non-hydrogen) atoms. The van der Waals surface area contributed by atoms with Gasteiger partial charge in [-0.1, -0.05) is 43.7 Å². The molecule has 2 rings (SSSR count). The van der Waals surface area contributed by atoms with Crippen molar-refractivity contribution in [3.05, 3.63) is 47.6 Å². The van der Waals surface area contributed by atoms with Crippen molar-refractivity contribution in [3.63, 3.8) is 0 Å². The van der Waals surface area contributed by atoms with Crippen LogP contribution in [0.2, 0.25) is 0 Å². The minimum absolute atomic E-state index is 0.372. The van der Waals surface area contributed by atoms with Crippen LogP contribution in [0.3, 0.4) is 0 Å². The van der Waals surface area contributed by atoms with Crippen LogP contribution < -0.4 is 0 Å². The smallest absolute Gasteiger partial charge is 0.108 e. The molecule has 0 radical (unpaired) electrons. The van der Waals surface area contributed by atoms with Crippen molar-refractivity contribution in [2.24, 2.45) is 0 Å². The van der Waals surface area contributed by atoms with Gasteiger partial charge in [-0.25, -0.2) is 4.39 Å². The fourth-order valence-electron chi connectivity index (χ4n) is 3.15. The average molecular weight is 289 g/mol. The lowest BCUT2D eigenvalue weighted by Gasteiger charge is -2.20. The van der Waals surface area contributed by atoms with E-state index in [1.54, 1.807) is 6.08 Å². The minimum Gasteiger partial charge on any atom is -0.303 e. The van der Waals surface area contributed by atoms with Crippen molar-refractivity contribution in [2.75, 3.05) is 26.3 Å². The van der Waals surface area contributed by atoms with E-state index in [0.29, 0.717) is 0 Å². The predicted octanol–water partition coefficient (Wildman–Crippen LogP) is 4.98. The first-order chi connectivity index (χ1) is 10.3. The van der Waals surface area contributed by atoms with E-state index in [-0.39, 0.29) is 6.67 Å². The van der Waals surface area contributed by atoms with E-state index in [1.807, 2.05) is 6.08 Å². The third-order valence-corrected chi connectivity index (χ3v) is 4.50. The number of hydrogen-bond acceptors (Lipinski definition) is 1. The summed E-state index contributed by atoms with van der Waals surface area (Å²) in [5.74, 6) is 0. The zero-order chi connectivity index (χ0) is 14.9. The first kappa shape index (κ1) is 16.2. The van der Waals surface area contributed by atoms with Crippen molar-refractivity contribution in [2.45, 2.75) is 44.9 Å². The summed E-state index contributed by atoms with van der Waals surface area (Å²) in [7, 11) is 0. The molecule has 1 aliphatic heterocycles. The van der Waals surface area contributed by atoms with E-state index in [2.05, 4.69) is 23.6 Å². The fraction of sp³-hybridized carbons (Fsp3) is 0.579. The second-order valence-electron chi connectivity index (χ2n) is 6.01. The standard InChI is InChI=1S/C19H28FN/c1-17-18(9-5-4-6-13-20)10-11-19(17)12-16-21-14-7-2-3-8-15-21/h4,6,9,11H,1-3,5,7-8,10,12-16H2/b6-4-,18-9+. The van der Waals surface area contributed by atoms with E-state index in [0.717, 1.165) is 19.3 Å². The highest BCUT2D eigenvalue weighted by molar-refractivity contribution is 5.51. The third-order valence-electron chi connectivity index (χ3n) is 4.50. The Balaban J connectivity index is 1.77. The third kappa shape index (κ3) is 5.28. The van der Waals surface area contributed by atoms with Crippen molar-refractivity contribution in [3.8, 4) is 0 Å². The van der Waals surface area contributed by atoms with Gasteiger partial charge in [0.1, 0.15) is 6.67 Å². The maximum Gasteiger partial charge on any atom is 0.108 e. The first-order valence-electron chi connectivity index (χ1n) is 8.32. The Labute approximate surface area is 128 Å². The van der Waals surface area contributed by atoms with Gasteiger partial charge in [-0.2, -0.15) is 0 Å². The van der Waals surface area contributed by atoms with Crippen LogP contribution in [-0.4, -0.2) is 31.2 Å². The molecule has 0 aromatic carbocycles. The summed E-state index contributed by atoms with van der Waals surface area (Å²) >= 11 is 0. The van der Waals surface area contributed by atoms with Gasteiger partial charge in [-0.3, -0.25) is 0 Å². The summed E-state index contributed by atoms with van der Waals surface area (Å²) in [5.41, 5.74) is 3.95. The van der Waals surface area contributed by atoms with Crippen LogP contribution in [0.15, 0.2) is 47.6 Å². The second kappa shape index (κ2) is 8.99. The number of allylic oxidation sites excluding steroid dienone is 6. The van der Waals surface area contributed by atoms with E-state index in [1.165, 1.54) is 62.0 Å². The van der Waals surface area contributed by atoms with Crippen molar-refractivity contribution < 1.29 is 4.39 Å². The highest BCUT2D eigenvalue weighted by Crippen LogP contribution is 2.31. The normalized spacial score (nSPS) is 23.0. The maximum atomic E-state index is 12.0. The SMILES string of the molecule is C=C1C(CCN2CCCCCC2)=CC/C1=C\C/C=C\CF. The highest BCUT2D eigenvalue weighted by Gasteiger charge is 2.16. The topological polar surface area (TPSA) is 3.24 Å². The Morgan fingerprint density at radius 2 is 1.90 bits per heavy atom. The van der Waals surface area contributed by atoms with Crippen LogP contribution in [0.4, 0.5) is 4.39 Å². The molecule has 0 N–H and O–H groups in total. The average Bonchev–Trinajstić information content (AvgIpc) is 2.70. The number of likely N-dealkylation sites (tertiary alicyclic amines) is 1. The predicted molar refractivity (Wildman–Crippen MR) is 89.2 cm³/mol. The quantitative estimate of drug-likeness (QED) is 0.623. The monoisotopic (exact) mass is 289 g/mol. The number of hydrogen-bond donors (Lipinski definition) is 0. The Bertz CT molecular complexity index is 423. The summed E-state index contributed by atoms with van der Waals surface area (Å²) in [6, 6.07) is 0. The summed E-state index contributed by atoms with van der Waals surface area (Å²) in [6.07, 6.45) is 16.4. The lowest BCUT2D eigenvalue weighted by atomic mass is 10.0. The zero-order valence-corrected chi connectivity index (χ0v) is 13.1. The molecule has 1 heterocycles. The van der Waals surface area contributed by atoms with Crippen molar-refractivity contribution >= 4 is 0 Å². The molecule has 0 aromatic rings. The van der Waals surface area contributed by atoms with Gasteiger partial charge in [0, 0.05) is 6.54 Å². The molecule has 0 atom stereocenters. The van der Waals surface area contributed by atoms with Gasteiger partial charge >= 0.3 is 0 Å². The summed E-state index contributed by atoms with van der Waals surface area (Å²) in [6.45, 7) is 7.56. The molecular formula is C19H28FN. The Morgan fingerprint density at radius 1 is 1.14 bits per heavy atom. The number of rotatable bonds is 6. The van der Waals surface area contributed by atoms with Crippen LogP contribution >= 0.6 is 0 Å². The minimum atomic E-state index is -0.372. The molecule has 116 valence electrons. The van der Waals surface area contributed by atoms with E-state index in [9.17, 15) is 4.39 Å². The molecule has 0 amide bonds. The van der Waals surface area contributed by atoms with Crippen LogP contribution in [0.5, 0.6) is 0 Å². The van der Waals surface area contributed by atoms with Crippen LogP contribution in [0, 0.1) is 0 Å². The molecule has 1 fully saturated rings. The van der Waals surface area contributed by atoms with E-state index >= 15 is 0 Å². The molecule has 0 aromatic heterocycles. The summed E-state index contributed by atoms with van der Waals surface area (Å²) in [5, 5.41) is 0. The van der Waals surface area contributed by atoms with Gasteiger partial charge in [0.25, 0.3) is 0 Å². The number of alkyl halides is 1. The zero-order valence-electron chi connectivity index (χ0n) is 13.1. The highest BCUT2D eigenvalue weighted by atomic mass is 19.1. The molecule has 2 heteroatoms. The number of nitrogens with zero attached hydrogens (tertiary/aromatic N) is 1. The van der Waals surface area contributed by atoms with Crippen LogP contribution in [0.1, 0.15) is 44.9 Å². The molecule has 2 aliphatic rings.